The molecule has 1 aliphatic rings. The first-order valence-corrected chi connectivity index (χ1v) is 6.59. The second-order valence-electron chi connectivity index (χ2n) is 4.49. The predicted molar refractivity (Wildman–Crippen MR) is 66.3 cm³/mol. The van der Waals surface area contributed by atoms with Crippen molar-refractivity contribution < 1.29 is 0 Å². The third-order valence-electron chi connectivity index (χ3n) is 3.32. The normalized spacial score (nSPS) is 23.5. The van der Waals surface area contributed by atoms with Crippen LogP contribution in [0.3, 0.4) is 0 Å². The zero-order valence-electron chi connectivity index (χ0n) is 9.57. The molecule has 0 bridgehead atoms. The van der Waals surface area contributed by atoms with Crippen LogP contribution in [0, 0.1) is 5.92 Å². The molecule has 2 atom stereocenters. The van der Waals surface area contributed by atoms with Crippen LogP contribution in [0.1, 0.15) is 24.3 Å². The van der Waals surface area contributed by atoms with E-state index in [0.29, 0.717) is 6.04 Å². The minimum Gasteiger partial charge on any atom is -0.316 e. The van der Waals surface area contributed by atoms with Crippen molar-refractivity contribution in [2.75, 3.05) is 26.7 Å². The molecule has 1 aliphatic heterocycles. The van der Waals surface area contributed by atoms with Crippen molar-refractivity contribution in [3.8, 4) is 0 Å². The smallest absolute Gasteiger partial charge is 0.0410 e. The van der Waals surface area contributed by atoms with Gasteiger partial charge in [0.25, 0.3) is 0 Å². The number of nitrogens with zero attached hydrogens (tertiary/aromatic N) is 1. The van der Waals surface area contributed by atoms with E-state index in [0.717, 1.165) is 5.92 Å². The highest BCUT2D eigenvalue weighted by Crippen LogP contribution is 2.24. The molecule has 1 aromatic heterocycles. The van der Waals surface area contributed by atoms with Gasteiger partial charge in [-0.1, -0.05) is 6.07 Å². The molecular weight excluding hydrogens is 204 g/mol. The highest BCUT2D eigenvalue weighted by atomic mass is 32.1. The van der Waals surface area contributed by atoms with E-state index in [1.54, 1.807) is 0 Å². The largest absolute Gasteiger partial charge is 0.316 e. The van der Waals surface area contributed by atoms with Crippen LogP contribution in [0.15, 0.2) is 17.5 Å². The molecule has 84 valence electrons. The van der Waals surface area contributed by atoms with Crippen molar-refractivity contribution >= 4 is 11.3 Å². The lowest BCUT2D eigenvalue weighted by atomic mass is 10.1. The fraction of sp³-hybridized carbons (Fsp3) is 0.667. The van der Waals surface area contributed by atoms with Crippen molar-refractivity contribution in [1.82, 2.24) is 10.2 Å². The molecule has 0 saturated carbocycles. The molecule has 0 aliphatic carbocycles. The molecule has 0 amide bonds. The zero-order valence-corrected chi connectivity index (χ0v) is 10.4. The van der Waals surface area contributed by atoms with Crippen molar-refractivity contribution in [3.63, 3.8) is 0 Å². The minimum absolute atomic E-state index is 0.561. The lowest BCUT2D eigenvalue weighted by Gasteiger charge is -2.26. The van der Waals surface area contributed by atoms with Gasteiger partial charge in [0.1, 0.15) is 0 Å². The molecule has 0 spiro atoms. The maximum absolute atomic E-state index is 3.43. The Morgan fingerprint density at radius 1 is 1.67 bits per heavy atom. The van der Waals surface area contributed by atoms with Crippen LogP contribution in [0.25, 0.3) is 0 Å². The van der Waals surface area contributed by atoms with Crippen molar-refractivity contribution in [1.29, 1.82) is 0 Å². The summed E-state index contributed by atoms with van der Waals surface area (Å²) in [4.78, 5) is 3.95. The summed E-state index contributed by atoms with van der Waals surface area (Å²) in [7, 11) is 2.24. The van der Waals surface area contributed by atoms with Crippen molar-refractivity contribution in [2.45, 2.75) is 19.4 Å². The van der Waals surface area contributed by atoms with Gasteiger partial charge in [0, 0.05) is 17.5 Å². The standard InChI is InChI=1S/C12H20N2S/c1-10(12-4-3-7-15-12)14(2)9-11-5-6-13-8-11/h3-4,7,10-11,13H,5-6,8-9H2,1-2H3/t10-,11-/m0/s1. The number of rotatable bonds is 4. The second-order valence-corrected chi connectivity index (χ2v) is 5.47. The number of hydrogen-bond donors (Lipinski definition) is 1. The van der Waals surface area contributed by atoms with Gasteiger partial charge in [0.2, 0.25) is 0 Å². The first-order valence-electron chi connectivity index (χ1n) is 5.71. The second kappa shape index (κ2) is 5.10. The van der Waals surface area contributed by atoms with E-state index >= 15 is 0 Å². The highest BCUT2D eigenvalue weighted by Gasteiger charge is 2.19. The Kier molecular flexibility index (Phi) is 3.78. The third kappa shape index (κ3) is 2.80. The lowest BCUT2D eigenvalue weighted by molar-refractivity contribution is 0.229. The lowest BCUT2D eigenvalue weighted by Crippen LogP contribution is -2.29. The van der Waals surface area contributed by atoms with E-state index in [1.165, 1.54) is 30.9 Å². The number of hydrogen-bond acceptors (Lipinski definition) is 3. The van der Waals surface area contributed by atoms with Crippen molar-refractivity contribution in [2.24, 2.45) is 5.92 Å². The van der Waals surface area contributed by atoms with E-state index < -0.39 is 0 Å². The summed E-state index contributed by atoms with van der Waals surface area (Å²) >= 11 is 1.86. The van der Waals surface area contributed by atoms with Crippen LogP contribution in [0.2, 0.25) is 0 Å². The molecule has 1 N–H and O–H groups in total. The van der Waals surface area contributed by atoms with E-state index in [-0.39, 0.29) is 0 Å². The molecule has 1 aromatic rings. The summed E-state index contributed by atoms with van der Waals surface area (Å²) in [5.41, 5.74) is 0. The molecule has 2 nitrogen and oxygen atoms in total. The van der Waals surface area contributed by atoms with E-state index in [2.05, 4.69) is 41.7 Å². The fourth-order valence-corrected chi connectivity index (χ4v) is 3.03. The third-order valence-corrected chi connectivity index (χ3v) is 4.37. The first-order chi connectivity index (χ1) is 7.27. The molecule has 3 heteroatoms. The van der Waals surface area contributed by atoms with Crippen LogP contribution in [0.5, 0.6) is 0 Å². The summed E-state index contributed by atoms with van der Waals surface area (Å²) in [5, 5.41) is 5.59. The molecule has 0 unspecified atom stereocenters. The monoisotopic (exact) mass is 224 g/mol. The Morgan fingerprint density at radius 3 is 3.13 bits per heavy atom. The maximum Gasteiger partial charge on any atom is 0.0410 e. The van der Waals surface area contributed by atoms with Gasteiger partial charge in [-0.2, -0.15) is 0 Å². The molecule has 1 fully saturated rings. The van der Waals surface area contributed by atoms with Crippen LogP contribution >= 0.6 is 11.3 Å². The van der Waals surface area contributed by atoms with Gasteiger partial charge in [-0.25, -0.2) is 0 Å². The Morgan fingerprint density at radius 2 is 2.53 bits per heavy atom. The van der Waals surface area contributed by atoms with Gasteiger partial charge >= 0.3 is 0 Å². The summed E-state index contributed by atoms with van der Waals surface area (Å²) < 4.78 is 0. The molecule has 0 radical (unpaired) electrons. The van der Waals surface area contributed by atoms with Crippen LogP contribution < -0.4 is 5.32 Å². The average Bonchev–Trinajstić information content (AvgIpc) is 2.88. The predicted octanol–water partition coefficient (Wildman–Crippen LogP) is 2.35. The van der Waals surface area contributed by atoms with Crippen LogP contribution in [-0.4, -0.2) is 31.6 Å². The van der Waals surface area contributed by atoms with E-state index in [1.807, 2.05) is 11.3 Å². The van der Waals surface area contributed by atoms with E-state index in [9.17, 15) is 0 Å². The Hall–Kier alpha value is -0.380. The van der Waals surface area contributed by atoms with Crippen LogP contribution in [-0.2, 0) is 0 Å². The summed E-state index contributed by atoms with van der Waals surface area (Å²) in [6.07, 6.45) is 1.33. The summed E-state index contributed by atoms with van der Waals surface area (Å²) in [5.74, 6) is 0.845. The van der Waals surface area contributed by atoms with Gasteiger partial charge in [0.15, 0.2) is 0 Å². The molecular formula is C12H20N2S. The Labute approximate surface area is 96.3 Å². The van der Waals surface area contributed by atoms with Gasteiger partial charge in [0.05, 0.1) is 0 Å². The summed E-state index contributed by atoms with van der Waals surface area (Å²) in [6, 6.07) is 4.94. The number of nitrogens with one attached hydrogen (secondary N) is 1. The first kappa shape index (κ1) is 11.1. The van der Waals surface area contributed by atoms with Crippen LogP contribution in [0.4, 0.5) is 0 Å². The summed E-state index contributed by atoms with van der Waals surface area (Å²) in [6.45, 7) is 5.91. The minimum atomic E-state index is 0.561. The van der Waals surface area contributed by atoms with Gasteiger partial charge in [-0.05, 0) is 50.8 Å². The quantitative estimate of drug-likeness (QED) is 0.844. The average molecular weight is 224 g/mol. The highest BCUT2D eigenvalue weighted by molar-refractivity contribution is 7.10. The molecule has 2 rings (SSSR count). The molecule has 15 heavy (non-hydrogen) atoms. The van der Waals surface area contributed by atoms with Gasteiger partial charge < -0.3 is 5.32 Å². The Balaban J connectivity index is 1.87. The molecule has 1 saturated heterocycles. The van der Waals surface area contributed by atoms with E-state index in [4.69, 9.17) is 0 Å². The maximum atomic E-state index is 3.43. The fourth-order valence-electron chi connectivity index (χ4n) is 2.18. The van der Waals surface area contributed by atoms with Gasteiger partial charge in [-0.3, -0.25) is 4.90 Å². The zero-order chi connectivity index (χ0) is 10.7. The molecule has 0 aromatic carbocycles. The van der Waals surface area contributed by atoms with Crippen molar-refractivity contribution in [3.05, 3.63) is 22.4 Å². The molecule has 2 heterocycles. The number of thiophene rings is 1. The topological polar surface area (TPSA) is 15.3 Å². The Bertz CT molecular complexity index is 278. The van der Waals surface area contributed by atoms with Gasteiger partial charge in [-0.15, -0.1) is 11.3 Å². The SMILES string of the molecule is C[C@@H](c1cccs1)N(C)C[C@H]1CCNC1.